The van der Waals surface area contributed by atoms with Gasteiger partial charge in [0.05, 0.1) is 24.3 Å². The van der Waals surface area contributed by atoms with Gasteiger partial charge in [-0.05, 0) is 35.4 Å². The van der Waals surface area contributed by atoms with Crippen molar-refractivity contribution in [1.82, 2.24) is 4.90 Å². The van der Waals surface area contributed by atoms with Gasteiger partial charge in [0.25, 0.3) is 0 Å². The summed E-state index contributed by atoms with van der Waals surface area (Å²) in [6.07, 6.45) is -0.0206. The molecule has 0 radical (unpaired) electrons. The SMILES string of the molecule is N#Cc1ccc(CN2CCO[C@H](c3ccc(F)cc3)C2)cc1. The number of nitrogens with zero attached hydrogens (tertiary/aromatic N) is 2. The van der Waals surface area contributed by atoms with E-state index in [1.807, 2.05) is 24.3 Å². The van der Waals surface area contributed by atoms with E-state index >= 15 is 0 Å². The monoisotopic (exact) mass is 296 g/mol. The van der Waals surface area contributed by atoms with E-state index in [2.05, 4.69) is 11.0 Å². The summed E-state index contributed by atoms with van der Waals surface area (Å²) in [4.78, 5) is 2.32. The van der Waals surface area contributed by atoms with E-state index in [0.717, 1.165) is 25.2 Å². The Hall–Kier alpha value is -2.22. The lowest BCUT2D eigenvalue weighted by Crippen LogP contribution is -2.37. The van der Waals surface area contributed by atoms with Gasteiger partial charge in [0.2, 0.25) is 0 Å². The van der Waals surface area contributed by atoms with Crippen molar-refractivity contribution < 1.29 is 9.13 Å². The molecule has 2 aromatic rings. The molecular formula is C18H17FN2O. The van der Waals surface area contributed by atoms with Gasteiger partial charge >= 0.3 is 0 Å². The lowest BCUT2D eigenvalue weighted by atomic mass is 10.1. The number of nitriles is 1. The van der Waals surface area contributed by atoms with Crippen LogP contribution in [0.2, 0.25) is 0 Å². The number of rotatable bonds is 3. The lowest BCUT2D eigenvalue weighted by molar-refractivity contribution is -0.0329. The molecule has 112 valence electrons. The van der Waals surface area contributed by atoms with E-state index in [9.17, 15) is 4.39 Å². The highest BCUT2D eigenvalue weighted by molar-refractivity contribution is 5.31. The average molecular weight is 296 g/mol. The molecule has 4 heteroatoms. The lowest BCUT2D eigenvalue weighted by Gasteiger charge is -2.33. The predicted molar refractivity (Wildman–Crippen MR) is 81.5 cm³/mol. The van der Waals surface area contributed by atoms with Crippen LogP contribution in [0.1, 0.15) is 22.8 Å². The van der Waals surface area contributed by atoms with Crippen LogP contribution in [0.3, 0.4) is 0 Å². The van der Waals surface area contributed by atoms with Gasteiger partial charge in [-0.25, -0.2) is 4.39 Å². The van der Waals surface area contributed by atoms with Crippen molar-refractivity contribution in [2.75, 3.05) is 19.7 Å². The molecule has 1 heterocycles. The summed E-state index contributed by atoms with van der Waals surface area (Å²) in [5.74, 6) is -0.228. The Morgan fingerprint density at radius 2 is 1.86 bits per heavy atom. The molecule has 0 aliphatic carbocycles. The molecule has 0 aromatic heterocycles. The first-order valence-corrected chi connectivity index (χ1v) is 7.33. The first kappa shape index (κ1) is 14.7. The van der Waals surface area contributed by atoms with Gasteiger partial charge < -0.3 is 4.74 Å². The predicted octanol–water partition coefficient (Wildman–Crippen LogP) is 3.27. The van der Waals surface area contributed by atoms with Crippen LogP contribution in [0.5, 0.6) is 0 Å². The van der Waals surface area contributed by atoms with E-state index in [-0.39, 0.29) is 11.9 Å². The summed E-state index contributed by atoms with van der Waals surface area (Å²) in [5.41, 5.74) is 2.86. The van der Waals surface area contributed by atoms with E-state index in [1.54, 1.807) is 12.1 Å². The minimum absolute atomic E-state index is 0.0206. The fourth-order valence-corrected chi connectivity index (χ4v) is 2.67. The van der Waals surface area contributed by atoms with Crippen LogP contribution in [-0.4, -0.2) is 24.6 Å². The second-order valence-electron chi connectivity index (χ2n) is 5.45. The Labute approximate surface area is 129 Å². The fourth-order valence-electron chi connectivity index (χ4n) is 2.67. The first-order chi connectivity index (χ1) is 10.7. The standard InChI is InChI=1S/C18H17FN2O/c19-17-7-5-16(6-8-17)18-13-21(9-10-22-18)12-15-3-1-14(11-20)2-4-15/h1-8,18H,9-10,12-13H2/t18-/m0/s1. The first-order valence-electron chi connectivity index (χ1n) is 7.33. The summed E-state index contributed by atoms with van der Waals surface area (Å²) in [6.45, 7) is 3.15. The molecule has 1 atom stereocenters. The van der Waals surface area contributed by atoms with Gasteiger partial charge in [0.1, 0.15) is 5.82 Å². The van der Waals surface area contributed by atoms with E-state index in [1.165, 1.54) is 17.7 Å². The zero-order valence-corrected chi connectivity index (χ0v) is 12.2. The third-order valence-electron chi connectivity index (χ3n) is 3.88. The molecule has 0 unspecified atom stereocenters. The number of morpholine rings is 1. The Morgan fingerprint density at radius 3 is 2.55 bits per heavy atom. The molecule has 1 aliphatic rings. The van der Waals surface area contributed by atoms with Crippen molar-refractivity contribution in [3.63, 3.8) is 0 Å². The number of benzene rings is 2. The Bertz CT molecular complexity index is 661. The second kappa shape index (κ2) is 6.69. The quantitative estimate of drug-likeness (QED) is 0.872. The maximum absolute atomic E-state index is 13.0. The Morgan fingerprint density at radius 1 is 1.14 bits per heavy atom. The van der Waals surface area contributed by atoms with Crippen molar-refractivity contribution >= 4 is 0 Å². The van der Waals surface area contributed by atoms with Crippen LogP contribution in [0.4, 0.5) is 4.39 Å². The smallest absolute Gasteiger partial charge is 0.123 e. The van der Waals surface area contributed by atoms with Gasteiger partial charge in [0, 0.05) is 19.6 Å². The molecule has 0 amide bonds. The fraction of sp³-hybridized carbons (Fsp3) is 0.278. The maximum Gasteiger partial charge on any atom is 0.123 e. The normalized spacial score (nSPS) is 18.8. The van der Waals surface area contributed by atoms with Crippen molar-refractivity contribution in [3.05, 3.63) is 71.0 Å². The zero-order valence-electron chi connectivity index (χ0n) is 12.2. The van der Waals surface area contributed by atoms with Crippen LogP contribution in [0, 0.1) is 17.1 Å². The topological polar surface area (TPSA) is 36.3 Å². The van der Waals surface area contributed by atoms with E-state index in [0.29, 0.717) is 12.2 Å². The van der Waals surface area contributed by atoms with Crippen molar-refractivity contribution in [1.29, 1.82) is 5.26 Å². The highest BCUT2D eigenvalue weighted by Gasteiger charge is 2.22. The highest BCUT2D eigenvalue weighted by atomic mass is 19.1. The third-order valence-corrected chi connectivity index (χ3v) is 3.88. The van der Waals surface area contributed by atoms with Gasteiger partial charge in [-0.2, -0.15) is 5.26 Å². The molecule has 1 aliphatic heterocycles. The second-order valence-corrected chi connectivity index (χ2v) is 5.45. The molecule has 2 aromatic carbocycles. The van der Waals surface area contributed by atoms with Gasteiger partial charge in [-0.1, -0.05) is 24.3 Å². The number of halogens is 1. The highest BCUT2D eigenvalue weighted by Crippen LogP contribution is 2.23. The number of hydrogen-bond acceptors (Lipinski definition) is 3. The molecule has 0 bridgehead atoms. The Kier molecular flexibility index (Phi) is 4.47. The summed E-state index contributed by atoms with van der Waals surface area (Å²) >= 11 is 0. The summed E-state index contributed by atoms with van der Waals surface area (Å²) in [5, 5.41) is 8.83. The number of ether oxygens (including phenoxy) is 1. The molecule has 1 fully saturated rings. The van der Waals surface area contributed by atoms with Crippen molar-refractivity contribution in [2.24, 2.45) is 0 Å². The van der Waals surface area contributed by atoms with Crippen molar-refractivity contribution in [3.8, 4) is 6.07 Å². The minimum Gasteiger partial charge on any atom is -0.371 e. The summed E-state index contributed by atoms with van der Waals surface area (Å²) < 4.78 is 18.8. The van der Waals surface area contributed by atoms with Crippen LogP contribution in [0.15, 0.2) is 48.5 Å². The van der Waals surface area contributed by atoms with Gasteiger partial charge in [0.15, 0.2) is 0 Å². The number of hydrogen-bond donors (Lipinski definition) is 0. The molecule has 0 N–H and O–H groups in total. The Balaban J connectivity index is 1.65. The molecule has 22 heavy (non-hydrogen) atoms. The molecule has 0 saturated carbocycles. The van der Waals surface area contributed by atoms with Gasteiger partial charge in [-0.3, -0.25) is 4.90 Å². The largest absolute Gasteiger partial charge is 0.371 e. The molecular weight excluding hydrogens is 279 g/mol. The van der Waals surface area contributed by atoms with Crippen LogP contribution in [-0.2, 0) is 11.3 Å². The van der Waals surface area contributed by atoms with E-state index in [4.69, 9.17) is 10.00 Å². The minimum atomic E-state index is -0.228. The maximum atomic E-state index is 13.0. The van der Waals surface area contributed by atoms with Crippen LogP contribution in [0.25, 0.3) is 0 Å². The molecule has 0 spiro atoms. The van der Waals surface area contributed by atoms with Gasteiger partial charge in [-0.15, -0.1) is 0 Å². The molecule has 3 rings (SSSR count). The summed E-state index contributed by atoms with van der Waals surface area (Å²) in [6, 6.07) is 16.3. The summed E-state index contributed by atoms with van der Waals surface area (Å²) in [7, 11) is 0. The zero-order chi connectivity index (χ0) is 15.4. The third kappa shape index (κ3) is 3.51. The van der Waals surface area contributed by atoms with Crippen molar-refractivity contribution in [2.45, 2.75) is 12.6 Å². The molecule has 3 nitrogen and oxygen atoms in total. The molecule has 1 saturated heterocycles. The average Bonchev–Trinajstić information content (AvgIpc) is 2.56. The van der Waals surface area contributed by atoms with Crippen LogP contribution >= 0.6 is 0 Å². The van der Waals surface area contributed by atoms with Crippen LogP contribution < -0.4 is 0 Å². The van der Waals surface area contributed by atoms with E-state index < -0.39 is 0 Å².